The van der Waals surface area contributed by atoms with E-state index in [1.807, 2.05) is 13.8 Å². The molecule has 0 amide bonds. The van der Waals surface area contributed by atoms with Gasteiger partial charge in [-0.1, -0.05) is 33.1 Å². The third kappa shape index (κ3) is 6.21. The Morgan fingerprint density at radius 1 is 0.962 bits per heavy atom. The summed E-state index contributed by atoms with van der Waals surface area (Å²) < 4.78 is 40.7. The van der Waals surface area contributed by atoms with Gasteiger partial charge in [0.25, 0.3) is 0 Å². The highest BCUT2D eigenvalue weighted by molar-refractivity contribution is 5.81. The number of ether oxygens (including phenoxy) is 3. The monoisotopic (exact) mass is 378 g/mol. The van der Waals surface area contributed by atoms with Crippen LogP contribution in [-0.4, -0.2) is 37.2 Å². The molecule has 0 radical (unpaired) electrons. The minimum Gasteiger partial charge on any atom is -0.462 e. The summed E-state index contributed by atoms with van der Waals surface area (Å²) in [7, 11) is 0. The van der Waals surface area contributed by atoms with Gasteiger partial charge in [0.1, 0.15) is 13.2 Å². The lowest BCUT2D eigenvalue weighted by Crippen LogP contribution is -2.39. The van der Waals surface area contributed by atoms with Crippen LogP contribution < -0.4 is 0 Å². The summed E-state index contributed by atoms with van der Waals surface area (Å²) in [4.78, 5) is 35.1. The molecule has 0 aromatic carbocycles. The smallest absolute Gasteiger partial charge is 0.462 e. The molecule has 1 saturated carbocycles. The first-order valence-corrected chi connectivity index (χ1v) is 8.93. The second kappa shape index (κ2) is 9.28. The summed E-state index contributed by atoms with van der Waals surface area (Å²) >= 11 is 0. The molecule has 0 aromatic rings. The van der Waals surface area contributed by atoms with Gasteiger partial charge in [0, 0.05) is 0 Å². The molecule has 0 unspecified atom stereocenters. The first-order chi connectivity index (χ1) is 12.0. The number of halogens is 2. The van der Waals surface area contributed by atoms with E-state index in [9.17, 15) is 23.2 Å². The van der Waals surface area contributed by atoms with Crippen LogP contribution in [0.3, 0.4) is 0 Å². The van der Waals surface area contributed by atoms with E-state index in [1.54, 1.807) is 13.8 Å². The van der Waals surface area contributed by atoms with Gasteiger partial charge in [-0.2, -0.15) is 8.78 Å². The lowest BCUT2D eigenvalue weighted by Gasteiger charge is -2.26. The maximum atomic E-state index is 13.7. The standard InChI is InChI=1S/C18H28F2O6/c1-12(2)17(3,4)15(22)24-10-11-25-16(23)18(19,20)26-14(21)13-8-6-5-7-9-13/h12-13H,5-11H2,1-4H3. The molecule has 0 aliphatic heterocycles. The van der Waals surface area contributed by atoms with E-state index >= 15 is 0 Å². The molecule has 6 nitrogen and oxygen atoms in total. The molecule has 0 bridgehead atoms. The van der Waals surface area contributed by atoms with E-state index in [2.05, 4.69) is 9.47 Å². The van der Waals surface area contributed by atoms with Gasteiger partial charge in [0.2, 0.25) is 0 Å². The summed E-state index contributed by atoms with van der Waals surface area (Å²) in [6.45, 7) is 6.20. The fourth-order valence-corrected chi connectivity index (χ4v) is 2.36. The van der Waals surface area contributed by atoms with Gasteiger partial charge in [-0.05, 0) is 32.6 Å². The second-order valence-electron chi connectivity index (χ2n) is 7.42. The van der Waals surface area contributed by atoms with Gasteiger partial charge in [-0.3, -0.25) is 9.59 Å². The zero-order valence-corrected chi connectivity index (χ0v) is 15.8. The van der Waals surface area contributed by atoms with Crippen molar-refractivity contribution in [2.45, 2.75) is 65.9 Å². The molecule has 0 aromatic heterocycles. The van der Waals surface area contributed by atoms with E-state index < -0.39 is 42.0 Å². The zero-order chi connectivity index (χ0) is 20.0. The maximum Gasteiger partial charge on any atom is 0.504 e. The molecular formula is C18H28F2O6. The molecule has 0 N–H and O–H groups in total. The SMILES string of the molecule is CC(C)C(C)(C)C(=O)OCCOC(=O)C(F)(F)OC(=O)C1CCCCC1. The Morgan fingerprint density at radius 3 is 1.96 bits per heavy atom. The van der Waals surface area contributed by atoms with Gasteiger partial charge in [-0.25, -0.2) is 4.79 Å². The highest BCUT2D eigenvalue weighted by Gasteiger charge is 2.47. The van der Waals surface area contributed by atoms with Gasteiger partial charge < -0.3 is 14.2 Å². The van der Waals surface area contributed by atoms with Crippen molar-refractivity contribution < 1.29 is 37.4 Å². The van der Waals surface area contributed by atoms with Crippen molar-refractivity contribution in [1.29, 1.82) is 0 Å². The van der Waals surface area contributed by atoms with Crippen LogP contribution in [0.4, 0.5) is 8.78 Å². The number of rotatable bonds is 8. The van der Waals surface area contributed by atoms with Gasteiger partial charge in [0.05, 0.1) is 11.3 Å². The molecule has 0 heterocycles. The molecule has 1 fully saturated rings. The number of carbonyl (C=O) groups is 3. The first-order valence-electron chi connectivity index (χ1n) is 8.93. The second-order valence-corrected chi connectivity index (χ2v) is 7.42. The summed E-state index contributed by atoms with van der Waals surface area (Å²) in [5, 5.41) is 0. The minimum absolute atomic E-state index is 0.0149. The first kappa shape index (κ1) is 22.3. The van der Waals surface area contributed by atoms with Crippen molar-refractivity contribution in [3.63, 3.8) is 0 Å². The van der Waals surface area contributed by atoms with E-state index in [0.29, 0.717) is 12.8 Å². The summed E-state index contributed by atoms with van der Waals surface area (Å²) in [5.74, 6) is -4.17. The predicted molar refractivity (Wildman–Crippen MR) is 88.2 cm³/mol. The normalized spacial score (nSPS) is 16.3. The average molecular weight is 378 g/mol. The average Bonchev–Trinajstić information content (AvgIpc) is 2.58. The van der Waals surface area contributed by atoms with E-state index in [-0.39, 0.29) is 12.5 Å². The Balaban J connectivity index is 2.39. The number of hydrogen-bond acceptors (Lipinski definition) is 6. The van der Waals surface area contributed by atoms with Crippen molar-refractivity contribution in [2.75, 3.05) is 13.2 Å². The fraction of sp³-hybridized carbons (Fsp3) is 0.833. The van der Waals surface area contributed by atoms with Crippen LogP contribution in [0, 0.1) is 17.3 Å². The molecular weight excluding hydrogens is 350 g/mol. The van der Waals surface area contributed by atoms with E-state index in [4.69, 9.17) is 4.74 Å². The van der Waals surface area contributed by atoms with Gasteiger partial charge >= 0.3 is 24.0 Å². The fourth-order valence-electron chi connectivity index (χ4n) is 2.36. The van der Waals surface area contributed by atoms with Crippen LogP contribution in [0.1, 0.15) is 59.8 Å². The number of hydrogen-bond donors (Lipinski definition) is 0. The van der Waals surface area contributed by atoms with Gasteiger partial charge in [-0.15, -0.1) is 0 Å². The van der Waals surface area contributed by atoms with Gasteiger partial charge in [0.15, 0.2) is 0 Å². The largest absolute Gasteiger partial charge is 0.504 e. The highest BCUT2D eigenvalue weighted by atomic mass is 19.3. The van der Waals surface area contributed by atoms with Crippen LogP contribution >= 0.6 is 0 Å². The zero-order valence-electron chi connectivity index (χ0n) is 15.8. The molecule has 0 atom stereocenters. The number of esters is 3. The molecule has 26 heavy (non-hydrogen) atoms. The Labute approximate surface area is 152 Å². The number of carbonyl (C=O) groups excluding carboxylic acids is 3. The summed E-state index contributed by atoms with van der Waals surface area (Å²) in [6.07, 6.45) is -0.900. The van der Waals surface area contributed by atoms with Crippen LogP contribution in [-0.2, 0) is 28.6 Å². The molecule has 1 aliphatic rings. The third-order valence-corrected chi connectivity index (χ3v) is 4.92. The predicted octanol–water partition coefficient (Wildman–Crippen LogP) is 3.47. The molecule has 0 saturated heterocycles. The molecule has 8 heteroatoms. The van der Waals surface area contributed by atoms with Crippen molar-refractivity contribution >= 4 is 17.9 Å². The maximum absolute atomic E-state index is 13.7. The quantitative estimate of drug-likeness (QED) is 0.366. The van der Waals surface area contributed by atoms with Crippen LogP contribution in [0.15, 0.2) is 0 Å². The Kier molecular flexibility index (Phi) is 7.96. The van der Waals surface area contributed by atoms with Crippen LogP contribution in [0.25, 0.3) is 0 Å². The van der Waals surface area contributed by atoms with Crippen molar-refractivity contribution in [3.8, 4) is 0 Å². The summed E-state index contributed by atoms with van der Waals surface area (Å²) in [5.41, 5.74) is -0.747. The minimum atomic E-state index is -4.35. The highest BCUT2D eigenvalue weighted by Crippen LogP contribution is 2.29. The van der Waals surface area contributed by atoms with Crippen molar-refractivity contribution in [3.05, 3.63) is 0 Å². The molecule has 1 rings (SSSR count). The third-order valence-electron chi connectivity index (χ3n) is 4.92. The Morgan fingerprint density at radius 2 is 1.46 bits per heavy atom. The van der Waals surface area contributed by atoms with Crippen molar-refractivity contribution in [2.24, 2.45) is 17.3 Å². The lowest BCUT2D eigenvalue weighted by atomic mass is 9.81. The topological polar surface area (TPSA) is 78.9 Å². The van der Waals surface area contributed by atoms with Crippen molar-refractivity contribution in [1.82, 2.24) is 0 Å². The number of alkyl halides is 2. The Bertz CT molecular complexity index is 510. The molecule has 1 aliphatic carbocycles. The Hall–Kier alpha value is -1.73. The molecule has 150 valence electrons. The lowest BCUT2D eigenvalue weighted by molar-refractivity contribution is -0.247. The van der Waals surface area contributed by atoms with Crippen LogP contribution in [0.2, 0.25) is 0 Å². The van der Waals surface area contributed by atoms with Crippen LogP contribution in [0.5, 0.6) is 0 Å². The molecule has 0 spiro atoms. The summed E-state index contributed by atoms with van der Waals surface area (Å²) in [6, 6.07) is 0. The van der Waals surface area contributed by atoms with E-state index in [1.165, 1.54) is 0 Å². The van der Waals surface area contributed by atoms with E-state index in [0.717, 1.165) is 19.3 Å².